The van der Waals surface area contributed by atoms with Crippen molar-refractivity contribution in [1.29, 1.82) is 0 Å². The monoisotopic (exact) mass is 424 g/mol. The van der Waals surface area contributed by atoms with Gasteiger partial charge in [-0.2, -0.15) is 0 Å². The van der Waals surface area contributed by atoms with Gasteiger partial charge in [0.05, 0.1) is 0 Å². The van der Waals surface area contributed by atoms with Gasteiger partial charge in [-0.15, -0.1) is 0 Å². The lowest BCUT2D eigenvalue weighted by Gasteiger charge is -2.12. The number of carbonyl (C=O) groups is 2. The first-order valence-electron chi connectivity index (χ1n) is 8.83. The van der Waals surface area contributed by atoms with Crippen LogP contribution in [0.4, 0.5) is 5.69 Å². The fourth-order valence-electron chi connectivity index (χ4n) is 2.68. The minimum absolute atomic E-state index is 0.0961. The van der Waals surface area contributed by atoms with Crippen molar-refractivity contribution in [1.82, 2.24) is 5.32 Å². The predicted octanol–water partition coefficient (Wildman–Crippen LogP) is 5.71. The van der Waals surface area contributed by atoms with E-state index in [2.05, 4.69) is 10.6 Å². The zero-order chi connectivity index (χ0) is 20.8. The molecule has 6 heteroatoms. The van der Waals surface area contributed by atoms with E-state index in [-0.39, 0.29) is 11.6 Å². The summed E-state index contributed by atoms with van der Waals surface area (Å²) < 4.78 is 0. The van der Waals surface area contributed by atoms with Crippen molar-refractivity contribution >= 4 is 46.8 Å². The number of halogens is 2. The van der Waals surface area contributed by atoms with Gasteiger partial charge in [0, 0.05) is 21.3 Å². The number of anilines is 1. The van der Waals surface area contributed by atoms with Gasteiger partial charge in [0.1, 0.15) is 5.70 Å². The van der Waals surface area contributed by atoms with Gasteiger partial charge in [-0.05, 0) is 66.6 Å². The van der Waals surface area contributed by atoms with Crippen molar-refractivity contribution in [3.8, 4) is 0 Å². The first-order chi connectivity index (χ1) is 13.9. The van der Waals surface area contributed by atoms with Gasteiger partial charge in [-0.25, -0.2) is 0 Å². The molecule has 0 saturated carbocycles. The first-order valence-corrected chi connectivity index (χ1v) is 9.58. The highest BCUT2D eigenvalue weighted by Crippen LogP contribution is 2.19. The van der Waals surface area contributed by atoms with Crippen LogP contribution in [-0.4, -0.2) is 11.8 Å². The van der Waals surface area contributed by atoms with Crippen LogP contribution in [0.2, 0.25) is 10.0 Å². The second-order valence-corrected chi connectivity index (χ2v) is 7.27. The number of hydrogen-bond donors (Lipinski definition) is 2. The van der Waals surface area contributed by atoms with Gasteiger partial charge in [-0.1, -0.05) is 53.5 Å². The molecule has 0 fully saturated rings. The van der Waals surface area contributed by atoms with E-state index >= 15 is 0 Å². The van der Waals surface area contributed by atoms with Crippen molar-refractivity contribution in [2.45, 2.75) is 6.92 Å². The third-order valence-corrected chi connectivity index (χ3v) is 4.48. The summed E-state index contributed by atoms with van der Waals surface area (Å²) in [6.07, 6.45) is 1.59. The Kier molecular flexibility index (Phi) is 6.70. The van der Waals surface area contributed by atoms with Crippen molar-refractivity contribution in [3.63, 3.8) is 0 Å². The Hall–Kier alpha value is -3.08. The second-order valence-electron chi connectivity index (χ2n) is 6.40. The summed E-state index contributed by atoms with van der Waals surface area (Å²) in [6, 6.07) is 20.8. The van der Waals surface area contributed by atoms with Gasteiger partial charge >= 0.3 is 0 Å². The largest absolute Gasteiger partial charge is 0.321 e. The van der Waals surface area contributed by atoms with Crippen LogP contribution in [0.25, 0.3) is 6.08 Å². The number of benzene rings is 3. The molecule has 146 valence electrons. The van der Waals surface area contributed by atoms with Crippen molar-refractivity contribution in [2.24, 2.45) is 0 Å². The molecule has 2 N–H and O–H groups in total. The van der Waals surface area contributed by atoms with Crippen LogP contribution in [0.3, 0.4) is 0 Å². The maximum atomic E-state index is 12.9. The summed E-state index contributed by atoms with van der Waals surface area (Å²) in [6.45, 7) is 1.88. The maximum Gasteiger partial charge on any atom is 0.272 e. The highest BCUT2D eigenvalue weighted by Gasteiger charge is 2.15. The summed E-state index contributed by atoms with van der Waals surface area (Å²) in [5.41, 5.74) is 2.70. The molecule has 4 nitrogen and oxygen atoms in total. The van der Waals surface area contributed by atoms with Crippen LogP contribution in [0.5, 0.6) is 0 Å². The molecule has 0 spiro atoms. The fraction of sp³-hybridized carbons (Fsp3) is 0.0435. The van der Waals surface area contributed by atoms with E-state index < -0.39 is 5.91 Å². The average molecular weight is 425 g/mol. The molecule has 2 amide bonds. The normalized spacial score (nSPS) is 11.1. The Morgan fingerprint density at radius 3 is 2.21 bits per heavy atom. The highest BCUT2D eigenvalue weighted by molar-refractivity contribution is 6.31. The quantitative estimate of drug-likeness (QED) is 0.515. The molecular weight excluding hydrogens is 407 g/mol. The minimum Gasteiger partial charge on any atom is -0.321 e. The molecule has 0 unspecified atom stereocenters. The Balaban J connectivity index is 1.89. The van der Waals surface area contributed by atoms with E-state index in [4.69, 9.17) is 23.2 Å². The van der Waals surface area contributed by atoms with E-state index in [1.807, 2.05) is 13.0 Å². The van der Waals surface area contributed by atoms with Crippen LogP contribution < -0.4 is 10.6 Å². The van der Waals surface area contributed by atoms with Crippen LogP contribution in [0, 0.1) is 6.92 Å². The van der Waals surface area contributed by atoms with E-state index in [0.717, 1.165) is 11.1 Å². The standard InChI is InChI=1S/C23H18Cl2N2O2/c1-15-11-19(25)14-20(12-15)26-23(29)21(13-16-7-9-18(24)10-8-16)27-22(28)17-5-3-2-4-6-17/h2-14H,1H3,(H,26,29)(H,27,28)/b21-13-. The first kappa shape index (κ1) is 20.6. The van der Waals surface area contributed by atoms with E-state index in [1.54, 1.807) is 72.8 Å². The molecular formula is C23H18Cl2N2O2. The van der Waals surface area contributed by atoms with E-state index in [9.17, 15) is 9.59 Å². The van der Waals surface area contributed by atoms with Gasteiger partial charge in [0.25, 0.3) is 11.8 Å². The average Bonchev–Trinajstić information content (AvgIpc) is 2.69. The molecule has 0 saturated heterocycles. The Bertz CT molecular complexity index is 1040. The van der Waals surface area contributed by atoms with Crippen molar-refractivity contribution in [2.75, 3.05) is 5.32 Å². The summed E-state index contributed by atoms with van der Waals surface area (Å²) >= 11 is 12.0. The van der Waals surface area contributed by atoms with E-state index in [1.165, 1.54) is 0 Å². The lowest BCUT2D eigenvalue weighted by Crippen LogP contribution is -2.30. The number of nitrogens with one attached hydrogen (secondary N) is 2. The zero-order valence-corrected chi connectivity index (χ0v) is 17.1. The molecule has 0 heterocycles. The summed E-state index contributed by atoms with van der Waals surface area (Å²) in [5.74, 6) is -0.853. The Morgan fingerprint density at radius 1 is 0.862 bits per heavy atom. The third kappa shape index (κ3) is 5.95. The lowest BCUT2D eigenvalue weighted by molar-refractivity contribution is -0.113. The molecule has 0 aromatic heterocycles. The number of rotatable bonds is 5. The molecule has 0 bridgehead atoms. The number of aryl methyl sites for hydroxylation is 1. The summed E-state index contributed by atoms with van der Waals surface area (Å²) in [7, 11) is 0. The molecule has 0 radical (unpaired) electrons. The van der Waals surface area contributed by atoms with Crippen molar-refractivity contribution < 1.29 is 9.59 Å². The second kappa shape index (κ2) is 9.41. The number of amides is 2. The lowest BCUT2D eigenvalue weighted by atomic mass is 10.1. The minimum atomic E-state index is -0.467. The van der Waals surface area contributed by atoms with Crippen molar-refractivity contribution in [3.05, 3.63) is 105 Å². The molecule has 0 aliphatic heterocycles. The predicted molar refractivity (Wildman–Crippen MR) is 118 cm³/mol. The van der Waals surface area contributed by atoms with Crippen LogP contribution in [-0.2, 0) is 4.79 Å². The van der Waals surface area contributed by atoms with Crippen LogP contribution in [0.1, 0.15) is 21.5 Å². The molecule has 0 atom stereocenters. The Labute approximate surface area is 179 Å². The topological polar surface area (TPSA) is 58.2 Å². The molecule has 3 aromatic carbocycles. The smallest absolute Gasteiger partial charge is 0.272 e. The molecule has 3 rings (SSSR count). The maximum absolute atomic E-state index is 12.9. The SMILES string of the molecule is Cc1cc(Cl)cc(NC(=O)/C(=C/c2ccc(Cl)cc2)NC(=O)c2ccccc2)c1. The van der Waals surface area contributed by atoms with E-state index in [0.29, 0.717) is 21.3 Å². The van der Waals surface area contributed by atoms with Crippen LogP contribution >= 0.6 is 23.2 Å². The molecule has 29 heavy (non-hydrogen) atoms. The van der Waals surface area contributed by atoms with Crippen LogP contribution in [0.15, 0.2) is 78.5 Å². The van der Waals surface area contributed by atoms with Gasteiger partial charge in [0.2, 0.25) is 0 Å². The fourth-order valence-corrected chi connectivity index (χ4v) is 3.09. The molecule has 0 aliphatic carbocycles. The number of hydrogen-bond acceptors (Lipinski definition) is 2. The molecule has 3 aromatic rings. The van der Waals surface area contributed by atoms with Gasteiger partial charge in [0.15, 0.2) is 0 Å². The third-order valence-electron chi connectivity index (χ3n) is 4.01. The highest BCUT2D eigenvalue weighted by atomic mass is 35.5. The van der Waals surface area contributed by atoms with Gasteiger partial charge in [-0.3, -0.25) is 9.59 Å². The summed E-state index contributed by atoms with van der Waals surface area (Å²) in [5, 5.41) is 6.56. The van der Waals surface area contributed by atoms with Gasteiger partial charge < -0.3 is 10.6 Å². The number of carbonyl (C=O) groups excluding carboxylic acids is 2. The molecule has 0 aliphatic rings. The zero-order valence-electron chi connectivity index (χ0n) is 15.6. The Morgan fingerprint density at radius 2 is 1.55 bits per heavy atom. The summed E-state index contributed by atoms with van der Waals surface area (Å²) in [4.78, 5) is 25.5.